The summed E-state index contributed by atoms with van der Waals surface area (Å²) >= 11 is 0. The van der Waals surface area contributed by atoms with Crippen LogP contribution in [0.4, 0.5) is 0 Å². The standard InChI is InChI=1S/C23H15N5O/c1-2-6-20-17(4-1)14-21(29-20)19-9-10-22-25-26-23(28(22)27-19)13-15-7-8-18-16(12-15)5-3-11-24-18/h1-12,14H,13H2. The SMILES string of the molecule is c1cnc2ccc(Cc3nnc4ccc(-c5cc6ccccc6o5)nn34)cc2c1. The third-order valence-corrected chi connectivity index (χ3v) is 5.04. The van der Waals surface area contributed by atoms with Crippen LogP contribution in [0.3, 0.4) is 0 Å². The summed E-state index contributed by atoms with van der Waals surface area (Å²) in [7, 11) is 0. The van der Waals surface area contributed by atoms with Gasteiger partial charge in [0.1, 0.15) is 11.3 Å². The molecule has 29 heavy (non-hydrogen) atoms. The van der Waals surface area contributed by atoms with Gasteiger partial charge in [0.15, 0.2) is 17.2 Å². The molecule has 4 aromatic heterocycles. The average Bonchev–Trinajstić information content (AvgIpc) is 3.37. The number of furan rings is 1. The number of nitrogens with zero attached hydrogens (tertiary/aromatic N) is 5. The molecule has 0 saturated heterocycles. The van der Waals surface area contributed by atoms with Gasteiger partial charge >= 0.3 is 0 Å². The Balaban J connectivity index is 1.41. The van der Waals surface area contributed by atoms with E-state index in [1.165, 1.54) is 0 Å². The van der Waals surface area contributed by atoms with Crippen molar-refractivity contribution in [3.63, 3.8) is 0 Å². The first-order valence-electron chi connectivity index (χ1n) is 9.37. The van der Waals surface area contributed by atoms with Gasteiger partial charge in [-0.3, -0.25) is 4.98 Å². The highest BCUT2D eigenvalue weighted by Gasteiger charge is 2.12. The minimum absolute atomic E-state index is 0.628. The van der Waals surface area contributed by atoms with Crippen molar-refractivity contribution in [1.29, 1.82) is 0 Å². The van der Waals surface area contributed by atoms with E-state index < -0.39 is 0 Å². The summed E-state index contributed by atoms with van der Waals surface area (Å²) in [6, 6.07) is 24.0. The first-order chi connectivity index (χ1) is 14.3. The van der Waals surface area contributed by atoms with Crippen molar-refractivity contribution in [2.24, 2.45) is 0 Å². The molecule has 0 N–H and O–H groups in total. The zero-order valence-electron chi connectivity index (χ0n) is 15.4. The topological polar surface area (TPSA) is 69.1 Å². The van der Waals surface area contributed by atoms with E-state index in [0.717, 1.165) is 44.7 Å². The van der Waals surface area contributed by atoms with Gasteiger partial charge in [0.25, 0.3) is 0 Å². The van der Waals surface area contributed by atoms with E-state index in [4.69, 9.17) is 9.52 Å². The summed E-state index contributed by atoms with van der Waals surface area (Å²) in [5.41, 5.74) is 4.42. The highest BCUT2D eigenvalue weighted by atomic mass is 16.3. The summed E-state index contributed by atoms with van der Waals surface area (Å²) in [6.07, 6.45) is 2.43. The van der Waals surface area contributed by atoms with Crippen molar-refractivity contribution in [2.75, 3.05) is 0 Å². The second-order valence-corrected chi connectivity index (χ2v) is 6.96. The van der Waals surface area contributed by atoms with E-state index in [9.17, 15) is 0 Å². The highest BCUT2D eigenvalue weighted by Crippen LogP contribution is 2.26. The van der Waals surface area contributed by atoms with Gasteiger partial charge < -0.3 is 4.42 Å². The lowest BCUT2D eigenvalue weighted by molar-refractivity contribution is 0.625. The molecule has 6 rings (SSSR count). The van der Waals surface area contributed by atoms with Crippen LogP contribution >= 0.6 is 0 Å². The second-order valence-electron chi connectivity index (χ2n) is 6.96. The Morgan fingerprint density at radius 1 is 0.828 bits per heavy atom. The van der Waals surface area contributed by atoms with E-state index in [2.05, 4.69) is 33.4 Å². The van der Waals surface area contributed by atoms with Gasteiger partial charge in [-0.1, -0.05) is 30.3 Å². The van der Waals surface area contributed by atoms with Crippen LogP contribution in [0.2, 0.25) is 0 Å². The van der Waals surface area contributed by atoms with Crippen molar-refractivity contribution in [3.8, 4) is 11.5 Å². The first kappa shape index (κ1) is 15.9. The molecule has 4 heterocycles. The molecule has 0 amide bonds. The van der Waals surface area contributed by atoms with Crippen LogP contribution in [0.5, 0.6) is 0 Å². The molecule has 2 aromatic carbocycles. The molecule has 0 unspecified atom stereocenters. The fourth-order valence-corrected chi connectivity index (χ4v) is 3.60. The van der Waals surface area contributed by atoms with E-state index in [1.54, 1.807) is 10.7 Å². The molecule has 0 atom stereocenters. The third kappa shape index (κ3) is 2.73. The second kappa shape index (κ2) is 6.24. The Morgan fingerprint density at radius 2 is 1.76 bits per heavy atom. The zero-order chi connectivity index (χ0) is 19.2. The lowest BCUT2D eigenvalue weighted by atomic mass is 10.1. The Labute approximate surface area is 165 Å². The molecule has 0 aliphatic heterocycles. The van der Waals surface area contributed by atoms with E-state index in [-0.39, 0.29) is 0 Å². The van der Waals surface area contributed by atoms with Crippen molar-refractivity contribution in [2.45, 2.75) is 6.42 Å². The van der Waals surface area contributed by atoms with Crippen LogP contribution in [-0.2, 0) is 6.42 Å². The molecular formula is C23H15N5O. The van der Waals surface area contributed by atoms with Crippen molar-refractivity contribution < 1.29 is 4.42 Å². The monoisotopic (exact) mass is 377 g/mol. The third-order valence-electron chi connectivity index (χ3n) is 5.04. The number of hydrogen-bond acceptors (Lipinski definition) is 5. The summed E-state index contributed by atoms with van der Waals surface area (Å²) in [5, 5.41) is 15.5. The minimum Gasteiger partial charge on any atom is -0.454 e. The molecule has 0 fully saturated rings. The van der Waals surface area contributed by atoms with Crippen molar-refractivity contribution in [3.05, 3.63) is 90.4 Å². The lowest BCUT2D eigenvalue weighted by Crippen LogP contribution is -2.01. The predicted octanol–water partition coefficient (Wildman–Crippen LogP) is 4.68. The molecule has 6 nitrogen and oxygen atoms in total. The van der Waals surface area contributed by atoms with Crippen LogP contribution in [0.1, 0.15) is 11.4 Å². The zero-order valence-corrected chi connectivity index (χ0v) is 15.4. The highest BCUT2D eigenvalue weighted by molar-refractivity contribution is 5.82. The normalized spacial score (nSPS) is 11.6. The molecule has 138 valence electrons. The smallest absolute Gasteiger partial charge is 0.177 e. The number of para-hydroxylation sites is 1. The maximum absolute atomic E-state index is 5.96. The fourth-order valence-electron chi connectivity index (χ4n) is 3.60. The molecule has 6 aromatic rings. The summed E-state index contributed by atoms with van der Waals surface area (Å²) < 4.78 is 7.75. The van der Waals surface area contributed by atoms with Gasteiger partial charge in [0.05, 0.1) is 5.52 Å². The van der Waals surface area contributed by atoms with Crippen molar-refractivity contribution >= 4 is 27.5 Å². The van der Waals surface area contributed by atoms with Crippen LogP contribution in [0.25, 0.3) is 39.0 Å². The Morgan fingerprint density at radius 3 is 2.72 bits per heavy atom. The Bertz CT molecular complexity index is 1460. The number of rotatable bonds is 3. The maximum Gasteiger partial charge on any atom is 0.177 e. The van der Waals surface area contributed by atoms with Gasteiger partial charge in [-0.25, -0.2) is 0 Å². The van der Waals surface area contributed by atoms with Crippen LogP contribution in [0, 0.1) is 0 Å². The molecule has 0 aliphatic carbocycles. The van der Waals surface area contributed by atoms with Crippen LogP contribution < -0.4 is 0 Å². The first-order valence-corrected chi connectivity index (χ1v) is 9.37. The van der Waals surface area contributed by atoms with E-state index in [1.807, 2.05) is 54.6 Å². The lowest BCUT2D eigenvalue weighted by Gasteiger charge is -2.03. The van der Waals surface area contributed by atoms with Gasteiger partial charge in [-0.05, 0) is 48.0 Å². The summed E-state index contributed by atoms with van der Waals surface area (Å²) in [4.78, 5) is 4.38. The predicted molar refractivity (Wildman–Crippen MR) is 111 cm³/mol. The molecule has 0 radical (unpaired) electrons. The molecule has 0 saturated carbocycles. The number of pyridine rings is 1. The van der Waals surface area contributed by atoms with E-state index in [0.29, 0.717) is 12.1 Å². The molecule has 0 aliphatic rings. The molecular weight excluding hydrogens is 362 g/mol. The van der Waals surface area contributed by atoms with Gasteiger partial charge in [0, 0.05) is 23.4 Å². The molecule has 6 heteroatoms. The van der Waals surface area contributed by atoms with Gasteiger partial charge in [-0.15, -0.1) is 10.2 Å². The molecule has 0 spiro atoms. The van der Waals surface area contributed by atoms with Crippen LogP contribution in [0.15, 0.2) is 83.4 Å². The largest absolute Gasteiger partial charge is 0.454 e. The quantitative estimate of drug-likeness (QED) is 0.448. The van der Waals surface area contributed by atoms with Crippen molar-refractivity contribution in [1.82, 2.24) is 24.8 Å². The Kier molecular flexibility index (Phi) is 3.43. The van der Waals surface area contributed by atoms with Crippen LogP contribution in [-0.4, -0.2) is 24.8 Å². The summed E-state index contributed by atoms with van der Waals surface area (Å²) in [6.45, 7) is 0. The fraction of sp³-hybridized carbons (Fsp3) is 0.0435. The number of fused-ring (bicyclic) bond motifs is 3. The van der Waals surface area contributed by atoms with Gasteiger partial charge in [0.2, 0.25) is 0 Å². The average molecular weight is 377 g/mol. The number of aromatic nitrogens is 5. The number of hydrogen-bond donors (Lipinski definition) is 0. The minimum atomic E-state index is 0.628. The van der Waals surface area contributed by atoms with Gasteiger partial charge in [-0.2, -0.15) is 9.61 Å². The maximum atomic E-state index is 5.96. The van der Waals surface area contributed by atoms with E-state index >= 15 is 0 Å². The Hall–Kier alpha value is -4.06. The molecule has 0 bridgehead atoms. The summed E-state index contributed by atoms with van der Waals surface area (Å²) in [5.74, 6) is 1.51. The number of benzene rings is 2.